The average Bonchev–Trinajstić information content (AvgIpc) is 2.45. The fourth-order valence-electron chi connectivity index (χ4n) is 1.28. The molecule has 0 aliphatic carbocycles. The van der Waals surface area contributed by atoms with Gasteiger partial charge in [0.2, 0.25) is 0 Å². The van der Waals surface area contributed by atoms with Crippen LogP contribution in [0.1, 0.15) is 19.8 Å². The second-order valence-corrected chi connectivity index (χ2v) is 4.10. The molecular formula is C13H28N2O5. The Morgan fingerprint density at radius 2 is 1.45 bits per heavy atom. The molecule has 0 aliphatic heterocycles. The van der Waals surface area contributed by atoms with Crippen molar-refractivity contribution in [1.29, 1.82) is 0 Å². The first-order valence-corrected chi connectivity index (χ1v) is 7.17. The second kappa shape index (κ2) is 16.2. The summed E-state index contributed by atoms with van der Waals surface area (Å²) in [5, 5.41) is 13.9. The van der Waals surface area contributed by atoms with E-state index in [0.717, 1.165) is 12.8 Å². The van der Waals surface area contributed by atoms with Crippen molar-refractivity contribution in [2.45, 2.75) is 19.8 Å². The van der Waals surface area contributed by atoms with Crippen LogP contribution in [0.15, 0.2) is 0 Å². The number of ether oxygens (including phenoxy) is 3. The van der Waals surface area contributed by atoms with Crippen molar-refractivity contribution >= 4 is 6.03 Å². The first kappa shape index (κ1) is 19.1. The molecule has 0 saturated heterocycles. The Hall–Kier alpha value is -0.890. The number of amides is 2. The zero-order chi connectivity index (χ0) is 14.9. The molecule has 0 unspecified atom stereocenters. The van der Waals surface area contributed by atoms with Crippen molar-refractivity contribution in [3.8, 4) is 0 Å². The maximum atomic E-state index is 11.2. The highest BCUT2D eigenvalue weighted by Gasteiger charge is 1.97. The highest BCUT2D eigenvalue weighted by atomic mass is 16.5. The van der Waals surface area contributed by atoms with Gasteiger partial charge < -0.3 is 30.0 Å². The van der Waals surface area contributed by atoms with Gasteiger partial charge in [-0.3, -0.25) is 0 Å². The molecule has 0 aromatic rings. The number of unbranched alkanes of at least 4 members (excludes halogenated alkanes) is 1. The Labute approximate surface area is 121 Å². The summed E-state index contributed by atoms with van der Waals surface area (Å²) in [6, 6.07) is -0.153. The Bertz CT molecular complexity index is 217. The van der Waals surface area contributed by atoms with Gasteiger partial charge in [0.1, 0.15) is 0 Å². The largest absolute Gasteiger partial charge is 0.394 e. The molecule has 120 valence electrons. The van der Waals surface area contributed by atoms with Crippen LogP contribution in [0.2, 0.25) is 0 Å². The molecule has 0 bridgehead atoms. The van der Waals surface area contributed by atoms with E-state index in [9.17, 15) is 4.79 Å². The molecule has 3 N–H and O–H groups in total. The van der Waals surface area contributed by atoms with E-state index in [1.807, 2.05) is 0 Å². The van der Waals surface area contributed by atoms with Crippen molar-refractivity contribution in [3.63, 3.8) is 0 Å². The van der Waals surface area contributed by atoms with Crippen LogP contribution in [0, 0.1) is 0 Å². The summed E-state index contributed by atoms with van der Waals surface area (Å²) in [4.78, 5) is 11.2. The van der Waals surface area contributed by atoms with Gasteiger partial charge in [-0.05, 0) is 6.42 Å². The summed E-state index contributed by atoms with van der Waals surface area (Å²) < 4.78 is 15.6. The number of urea groups is 1. The maximum absolute atomic E-state index is 11.2. The molecule has 0 aromatic carbocycles. The minimum Gasteiger partial charge on any atom is -0.394 e. The third-order valence-electron chi connectivity index (χ3n) is 2.33. The topological polar surface area (TPSA) is 89.1 Å². The summed E-state index contributed by atoms with van der Waals surface area (Å²) >= 11 is 0. The van der Waals surface area contributed by atoms with Gasteiger partial charge >= 0.3 is 6.03 Å². The Morgan fingerprint density at radius 3 is 2.05 bits per heavy atom. The predicted octanol–water partition coefficient (Wildman–Crippen LogP) is 0.128. The second-order valence-electron chi connectivity index (χ2n) is 4.10. The smallest absolute Gasteiger partial charge is 0.314 e. The van der Waals surface area contributed by atoms with Gasteiger partial charge in [-0.1, -0.05) is 13.3 Å². The Balaban J connectivity index is 3.07. The third-order valence-corrected chi connectivity index (χ3v) is 2.33. The average molecular weight is 292 g/mol. The standard InChI is InChI=1S/C13H28N2O5/c1-2-3-4-14-13(17)15-5-7-18-9-11-20-12-10-19-8-6-16/h16H,2-12H2,1H3,(H2,14,15,17). The van der Waals surface area contributed by atoms with E-state index in [2.05, 4.69) is 17.6 Å². The molecule has 0 radical (unpaired) electrons. The van der Waals surface area contributed by atoms with Crippen molar-refractivity contribution in [1.82, 2.24) is 10.6 Å². The van der Waals surface area contributed by atoms with E-state index in [0.29, 0.717) is 52.7 Å². The first-order valence-electron chi connectivity index (χ1n) is 7.17. The van der Waals surface area contributed by atoms with Crippen molar-refractivity contribution in [2.24, 2.45) is 0 Å². The van der Waals surface area contributed by atoms with Crippen LogP contribution in [0.5, 0.6) is 0 Å². The molecule has 0 rings (SSSR count). The molecule has 0 fully saturated rings. The van der Waals surface area contributed by atoms with E-state index in [-0.39, 0.29) is 12.6 Å². The highest BCUT2D eigenvalue weighted by Crippen LogP contribution is 1.83. The van der Waals surface area contributed by atoms with Gasteiger partial charge in [0, 0.05) is 13.1 Å². The zero-order valence-corrected chi connectivity index (χ0v) is 12.4. The minimum atomic E-state index is -0.153. The van der Waals surface area contributed by atoms with Gasteiger partial charge in [-0.15, -0.1) is 0 Å². The lowest BCUT2D eigenvalue weighted by Gasteiger charge is -2.08. The van der Waals surface area contributed by atoms with Gasteiger partial charge in [-0.2, -0.15) is 0 Å². The summed E-state index contributed by atoms with van der Waals surface area (Å²) in [6.45, 7) is 6.03. The number of carbonyl (C=O) groups is 1. The van der Waals surface area contributed by atoms with Crippen LogP contribution in [-0.4, -0.2) is 70.5 Å². The van der Waals surface area contributed by atoms with Crippen LogP contribution in [0.3, 0.4) is 0 Å². The van der Waals surface area contributed by atoms with Gasteiger partial charge in [0.05, 0.1) is 46.2 Å². The van der Waals surface area contributed by atoms with E-state index < -0.39 is 0 Å². The summed E-state index contributed by atoms with van der Waals surface area (Å²) in [7, 11) is 0. The molecule has 0 heterocycles. The molecule has 0 saturated carbocycles. The van der Waals surface area contributed by atoms with Crippen LogP contribution in [0.4, 0.5) is 4.79 Å². The maximum Gasteiger partial charge on any atom is 0.314 e. The molecule has 7 nitrogen and oxygen atoms in total. The van der Waals surface area contributed by atoms with Crippen LogP contribution >= 0.6 is 0 Å². The molecule has 0 atom stereocenters. The van der Waals surface area contributed by atoms with Gasteiger partial charge in [0.25, 0.3) is 0 Å². The fraction of sp³-hybridized carbons (Fsp3) is 0.923. The lowest BCUT2D eigenvalue weighted by molar-refractivity contribution is 0.00842. The molecule has 20 heavy (non-hydrogen) atoms. The molecule has 0 spiro atoms. The van der Waals surface area contributed by atoms with Crippen LogP contribution in [-0.2, 0) is 14.2 Å². The first-order chi connectivity index (χ1) is 9.81. The van der Waals surface area contributed by atoms with E-state index in [4.69, 9.17) is 19.3 Å². The third kappa shape index (κ3) is 15.2. The van der Waals surface area contributed by atoms with E-state index >= 15 is 0 Å². The molecule has 0 aromatic heterocycles. The summed E-state index contributed by atoms with van der Waals surface area (Å²) in [6.07, 6.45) is 2.05. The molecule has 2 amide bonds. The minimum absolute atomic E-state index is 0.0299. The number of hydrogen-bond donors (Lipinski definition) is 3. The number of hydrogen-bond acceptors (Lipinski definition) is 5. The van der Waals surface area contributed by atoms with E-state index in [1.165, 1.54) is 0 Å². The van der Waals surface area contributed by atoms with Crippen LogP contribution < -0.4 is 10.6 Å². The molecular weight excluding hydrogens is 264 g/mol. The van der Waals surface area contributed by atoms with Crippen molar-refractivity contribution in [3.05, 3.63) is 0 Å². The number of aliphatic hydroxyl groups is 1. The van der Waals surface area contributed by atoms with E-state index in [1.54, 1.807) is 0 Å². The number of aliphatic hydroxyl groups excluding tert-OH is 1. The van der Waals surface area contributed by atoms with Crippen molar-refractivity contribution in [2.75, 3.05) is 59.3 Å². The summed E-state index contributed by atoms with van der Waals surface area (Å²) in [5.74, 6) is 0. The summed E-state index contributed by atoms with van der Waals surface area (Å²) in [5.41, 5.74) is 0. The Kier molecular flexibility index (Phi) is 15.4. The number of carbonyl (C=O) groups excluding carboxylic acids is 1. The predicted molar refractivity (Wildman–Crippen MR) is 75.9 cm³/mol. The SMILES string of the molecule is CCCCNC(=O)NCCOCCOCCOCCO. The van der Waals surface area contributed by atoms with Gasteiger partial charge in [0.15, 0.2) is 0 Å². The normalized spacial score (nSPS) is 10.5. The lowest BCUT2D eigenvalue weighted by Crippen LogP contribution is -2.37. The number of nitrogens with one attached hydrogen (secondary N) is 2. The molecule has 0 aliphatic rings. The molecule has 7 heteroatoms. The quantitative estimate of drug-likeness (QED) is 0.396. The highest BCUT2D eigenvalue weighted by molar-refractivity contribution is 5.73. The Morgan fingerprint density at radius 1 is 0.900 bits per heavy atom. The van der Waals surface area contributed by atoms with Crippen molar-refractivity contribution < 1.29 is 24.1 Å². The van der Waals surface area contributed by atoms with Crippen LogP contribution in [0.25, 0.3) is 0 Å². The lowest BCUT2D eigenvalue weighted by atomic mass is 10.3. The van der Waals surface area contributed by atoms with Gasteiger partial charge in [-0.25, -0.2) is 4.79 Å². The zero-order valence-electron chi connectivity index (χ0n) is 12.4. The fourth-order valence-corrected chi connectivity index (χ4v) is 1.28. The number of rotatable bonds is 14. The monoisotopic (exact) mass is 292 g/mol.